The molecule has 2 unspecified atom stereocenters. The lowest BCUT2D eigenvalue weighted by Crippen LogP contribution is -2.38. The van der Waals surface area contributed by atoms with E-state index in [1.54, 1.807) is 6.20 Å². The maximum Gasteiger partial charge on any atom is 0.407 e. The number of rotatable bonds is 4. The van der Waals surface area contributed by atoms with Crippen LogP contribution in [0.4, 0.5) is 10.5 Å². The van der Waals surface area contributed by atoms with E-state index in [9.17, 15) is 4.79 Å². The Morgan fingerprint density at radius 1 is 1.45 bits per heavy atom. The van der Waals surface area contributed by atoms with Crippen LogP contribution < -0.4 is 10.6 Å². The molecule has 5 nitrogen and oxygen atoms in total. The molecule has 0 aliphatic heterocycles. The highest BCUT2D eigenvalue weighted by Crippen LogP contribution is 2.28. The Morgan fingerprint density at radius 3 is 2.91 bits per heavy atom. The molecule has 6 heteroatoms. The van der Waals surface area contributed by atoms with Gasteiger partial charge in [0.1, 0.15) is 10.8 Å². The summed E-state index contributed by atoms with van der Waals surface area (Å²) in [6, 6.07) is 4.05. The van der Waals surface area contributed by atoms with Gasteiger partial charge >= 0.3 is 6.09 Å². The van der Waals surface area contributed by atoms with E-state index in [1.807, 2.05) is 32.9 Å². The molecule has 0 spiro atoms. The molecule has 1 aliphatic rings. The molecular formula is C16H24ClN3O2. The van der Waals surface area contributed by atoms with Crippen molar-refractivity contribution in [3.63, 3.8) is 0 Å². The maximum atomic E-state index is 11.7. The summed E-state index contributed by atoms with van der Waals surface area (Å²) >= 11 is 5.91. The van der Waals surface area contributed by atoms with E-state index in [1.165, 1.54) is 0 Å². The third-order valence-corrected chi connectivity index (χ3v) is 3.85. The lowest BCUT2D eigenvalue weighted by molar-refractivity contribution is 0.0519. The zero-order valence-corrected chi connectivity index (χ0v) is 14.1. The van der Waals surface area contributed by atoms with Crippen molar-refractivity contribution in [2.45, 2.75) is 51.7 Å². The Morgan fingerprint density at radius 2 is 2.23 bits per heavy atom. The molecule has 1 saturated carbocycles. The van der Waals surface area contributed by atoms with Crippen molar-refractivity contribution in [1.82, 2.24) is 10.3 Å². The molecule has 0 saturated heterocycles. The summed E-state index contributed by atoms with van der Waals surface area (Å²) in [4.78, 5) is 15.7. The van der Waals surface area contributed by atoms with Gasteiger partial charge in [-0.05, 0) is 51.7 Å². The van der Waals surface area contributed by atoms with Crippen LogP contribution in [0.3, 0.4) is 0 Å². The lowest BCUT2D eigenvalue weighted by atomic mass is 10.0. The summed E-state index contributed by atoms with van der Waals surface area (Å²) in [5.74, 6) is 0.388. The Balaban J connectivity index is 1.84. The smallest absolute Gasteiger partial charge is 0.407 e. The van der Waals surface area contributed by atoms with E-state index in [4.69, 9.17) is 16.3 Å². The SMILES string of the molecule is CC(C)(C)OC(=O)NCC1CCCC1Nc1ccnc(Cl)c1. The van der Waals surface area contributed by atoms with Gasteiger partial charge in [0, 0.05) is 24.5 Å². The zero-order valence-electron chi connectivity index (χ0n) is 13.4. The lowest BCUT2D eigenvalue weighted by Gasteiger charge is -2.24. The number of hydrogen-bond donors (Lipinski definition) is 2. The van der Waals surface area contributed by atoms with Gasteiger partial charge in [0.25, 0.3) is 0 Å². The number of anilines is 1. The average molecular weight is 326 g/mol. The number of halogens is 1. The molecule has 2 N–H and O–H groups in total. The number of alkyl carbamates (subject to hydrolysis) is 1. The van der Waals surface area contributed by atoms with Crippen LogP contribution >= 0.6 is 11.6 Å². The minimum atomic E-state index is -0.467. The van der Waals surface area contributed by atoms with Crippen molar-refractivity contribution in [1.29, 1.82) is 0 Å². The molecule has 1 fully saturated rings. The number of pyridine rings is 1. The van der Waals surface area contributed by atoms with Gasteiger partial charge < -0.3 is 15.4 Å². The molecule has 0 radical (unpaired) electrons. The van der Waals surface area contributed by atoms with E-state index in [-0.39, 0.29) is 6.09 Å². The highest BCUT2D eigenvalue weighted by atomic mass is 35.5. The summed E-state index contributed by atoms with van der Waals surface area (Å²) in [6.07, 6.45) is 4.66. The first-order valence-corrected chi connectivity index (χ1v) is 8.06. The second-order valence-corrected chi connectivity index (χ2v) is 7.08. The van der Waals surface area contributed by atoms with Gasteiger partial charge in [-0.3, -0.25) is 0 Å². The quantitative estimate of drug-likeness (QED) is 0.826. The van der Waals surface area contributed by atoms with Crippen LogP contribution in [0.2, 0.25) is 5.15 Å². The Bertz CT molecular complexity index is 516. The minimum absolute atomic E-state index is 0.327. The van der Waals surface area contributed by atoms with Crippen LogP contribution in [0.25, 0.3) is 0 Å². The number of carbonyl (C=O) groups excluding carboxylic acids is 1. The first-order valence-electron chi connectivity index (χ1n) is 7.68. The van der Waals surface area contributed by atoms with Gasteiger partial charge in [-0.2, -0.15) is 0 Å². The van der Waals surface area contributed by atoms with Gasteiger partial charge in [0.15, 0.2) is 0 Å². The minimum Gasteiger partial charge on any atom is -0.444 e. The second kappa shape index (κ2) is 7.18. The fraction of sp³-hybridized carbons (Fsp3) is 0.625. The number of ether oxygens (including phenoxy) is 1. The first kappa shape index (κ1) is 16.9. The van der Waals surface area contributed by atoms with Crippen LogP contribution in [0.15, 0.2) is 18.3 Å². The van der Waals surface area contributed by atoms with Crippen molar-refractivity contribution in [2.24, 2.45) is 5.92 Å². The predicted molar refractivity (Wildman–Crippen MR) is 88.2 cm³/mol. The van der Waals surface area contributed by atoms with Gasteiger partial charge in [0.2, 0.25) is 0 Å². The Kier molecular flexibility index (Phi) is 5.51. The number of aromatic nitrogens is 1. The Labute approximate surface area is 136 Å². The molecule has 122 valence electrons. The molecule has 2 atom stereocenters. The molecule has 22 heavy (non-hydrogen) atoms. The number of nitrogens with zero attached hydrogens (tertiary/aromatic N) is 1. The maximum absolute atomic E-state index is 11.7. The predicted octanol–water partition coefficient (Wildman–Crippen LogP) is 3.84. The third kappa shape index (κ3) is 5.37. The monoisotopic (exact) mass is 325 g/mol. The fourth-order valence-corrected chi connectivity index (χ4v) is 2.88. The zero-order chi connectivity index (χ0) is 16.2. The highest BCUT2D eigenvalue weighted by Gasteiger charge is 2.28. The number of nitrogens with one attached hydrogen (secondary N) is 2. The summed E-state index contributed by atoms with van der Waals surface area (Å²) in [6.45, 7) is 6.20. The van der Waals surface area contributed by atoms with Crippen LogP contribution in [-0.2, 0) is 4.74 Å². The van der Waals surface area contributed by atoms with E-state index >= 15 is 0 Å². The van der Waals surface area contributed by atoms with Crippen LogP contribution in [0, 0.1) is 5.92 Å². The standard InChI is InChI=1S/C16H24ClN3O2/c1-16(2,3)22-15(21)19-10-11-5-4-6-13(11)20-12-7-8-18-14(17)9-12/h7-9,11,13H,4-6,10H2,1-3H3,(H,18,20)(H,19,21). The van der Waals surface area contributed by atoms with E-state index < -0.39 is 5.60 Å². The molecule has 1 aliphatic carbocycles. The van der Waals surface area contributed by atoms with Gasteiger partial charge in [-0.1, -0.05) is 18.0 Å². The number of carbonyl (C=O) groups is 1. The molecule has 1 aromatic rings. The number of amides is 1. The van der Waals surface area contributed by atoms with Crippen LogP contribution in [0.5, 0.6) is 0 Å². The molecule has 1 heterocycles. The summed E-state index contributed by atoms with van der Waals surface area (Å²) in [7, 11) is 0. The van der Waals surface area contributed by atoms with Crippen molar-refractivity contribution >= 4 is 23.4 Å². The van der Waals surface area contributed by atoms with Crippen molar-refractivity contribution < 1.29 is 9.53 Å². The van der Waals surface area contributed by atoms with Gasteiger partial charge in [-0.25, -0.2) is 9.78 Å². The van der Waals surface area contributed by atoms with Gasteiger partial charge in [-0.15, -0.1) is 0 Å². The second-order valence-electron chi connectivity index (χ2n) is 6.69. The molecule has 0 bridgehead atoms. The molecule has 1 amide bonds. The largest absolute Gasteiger partial charge is 0.444 e. The third-order valence-electron chi connectivity index (χ3n) is 3.65. The topological polar surface area (TPSA) is 63.2 Å². The summed E-state index contributed by atoms with van der Waals surface area (Å²) in [5.41, 5.74) is 0.500. The van der Waals surface area contributed by atoms with Crippen molar-refractivity contribution in [3.8, 4) is 0 Å². The van der Waals surface area contributed by atoms with E-state index in [0.29, 0.717) is 23.7 Å². The summed E-state index contributed by atoms with van der Waals surface area (Å²) < 4.78 is 5.27. The van der Waals surface area contributed by atoms with E-state index in [0.717, 1.165) is 24.9 Å². The summed E-state index contributed by atoms with van der Waals surface area (Å²) in [5, 5.41) is 6.83. The Hall–Kier alpha value is -1.49. The first-order chi connectivity index (χ1) is 10.3. The van der Waals surface area contributed by atoms with Gasteiger partial charge in [0.05, 0.1) is 0 Å². The van der Waals surface area contributed by atoms with E-state index in [2.05, 4.69) is 15.6 Å². The fourth-order valence-electron chi connectivity index (χ4n) is 2.71. The average Bonchev–Trinajstić information content (AvgIpc) is 2.82. The van der Waals surface area contributed by atoms with Crippen LogP contribution in [0.1, 0.15) is 40.0 Å². The molecule has 1 aromatic heterocycles. The molecule has 0 aromatic carbocycles. The molecular weight excluding hydrogens is 302 g/mol. The normalized spacial score (nSPS) is 21.5. The van der Waals surface area contributed by atoms with Crippen molar-refractivity contribution in [2.75, 3.05) is 11.9 Å². The highest BCUT2D eigenvalue weighted by molar-refractivity contribution is 6.29. The van der Waals surface area contributed by atoms with Crippen molar-refractivity contribution in [3.05, 3.63) is 23.5 Å². The number of hydrogen-bond acceptors (Lipinski definition) is 4. The molecule has 2 rings (SSSR count). The van der Waals surface area contributed by atoms with Crippen LogP contribution in [-0.4, -0.2) is 29.3 Å².